The third-order valence-electron chi connectivity index (χ3n) is 2.21. The van der Waals surface area contributed by atoms with Gasteiger partial charge in [0.2, 0.25) is 0 Å². The highest BCUT2D eigenvalue weighted by atomic mass is 16.5. The molecule has 0 radical (unpaired) electrons. The molecule has 0 unspecified atom stereocenters. The van der Waals surface area contributed by atoms with E-state index in [0.717, 1.165) is 24.8 Å². The van der Waals surface area contributed by atoms with Gasteiger partial charge < -0.3 is 9.84 Å². The molecule has 1 saturated carbocycles. The van der Waals surface area contributed by atoms with Crippen LogP contribution < -0.4 is 0 Å². The number of hydrogen-bond donors (Lipinski definition) is 1. The fourth-order valence-electron chi connectivity index (χ4n) is 1.52. The van der Waals surface area contributed by atoms with E-state index < -0.39 is 0 Å². The summed E-state index contributed by atoms with van der Waals surface area (Å²) < 4.78 is 5.51. The lowest BCUT2D eigenvalue weighted by Crippen LogP contribution is -2.32. The highest BCUT2D eigenvalue weighted by Gasteiger charge is 2.23. The molecule has 0 amide bonds. The molecule has 2 heteroatoms. The Hall–Kier alpha value is -0.340. The molecular weight excluding hydrogens is 152 g/mol. The summed E-state index contributed by atoms with van der Waals surface area (Å²) in [6.07, 6.45) is 4.00. The molecule has 0 bridgehead atoms. The molecule has 1 fully saturated rings. The minimum Gasteiger partial charge on any atom is -0.390 e. The minimum atomic E-state index is -0.252. The van der Waals surface area contributed by atoms with Crippen LogP contribution in [0, 0.1) is 0 Å². The average Bonchev–Trinajstić information content (AvgIpc) is 2.03. The molecule has 1 N–H and O–H groups in total. The van der Waals surface area contributed by atoms with E-state index in [1.807, 2.05) is 6.92 Å². The predicted molar refractivity (Wildman–Crippen MR) is 49.0 cm³/mol. The zero-order valence-electron chi connectivity index (χ0n) is 7.75. The van der Waals surface area contributed by atoms with Crippen molar-refractivity contribution in [3.8, 4) is 0 Å². The largest absolute Gasteiger partial charge is 0.390 e. The second kappa shape index (κ2) is 4.63. The van der Waals surface area contributed by atoms with Gasteiger partial charge in [-0.1, -0.05) is 25.0 Å². The Morgan fingerprint density at radius 2 is 2.17 bits per heavy atom. The minimum absolute atomic E-state index is 0.0513. The van der Waals surface area contributed by atoms with Crippen molar-refractivity contribution in [1.82, 2.24) is 0 Å². The Labute approximate surface area is 74.2 Å². The molecule has 0 aromatic carbocycles. The Morgan fingerprint density at radius 3 is 2.75 bits per heavy atom. The van der Waals surface area contributed by atoms with Crippen LogP contribution in [0.1, 0.15) is 32.6 Å². The van der Waals surface area contributed by atoms with Gasteiger partial charge >= 0.3 is 0 Å². The highest BCUT2D eigenvalue weighted by molar-refractivity contribution is 4.88. The molecule has 0 saturated heterocycles. The maximum atomic E-state index is 9.53. The number of aliphatic hydroxyl groups excluding tert-OH is 1. The smallest absolute Gasteiger partial charge is 0.0838 e. The van der Waals surface area contributed by atoms with Crippen LogP contribution in [-0.4, -0.2) is 23.9 Å². The standard InChI is InChI=1S/C10H18O2/c1-8(2)7-12-10-6-4-3-5-9(10)11/h9-11H,1,3-7H2,2H3/t9-,10+/m1/s1. The normalized spacial score (nSPS) is 30.2. The van der Waals surface area contributed by atoms with E-state index in [2.05, 4.69) is 6.58 Å². The van der Waals surface area contributed by atoms with Crippen molar-refractivity contribution in [2.24, 2.45) is 0 Å². The molecule has 12 heavy (non-hydrogen) atoms. The van der Waals surface area contributed by atoms with Gasteiger partial charge in [0.05, 0.1) is 18.8 Å². The van der Waals surface area contributed by atoms with Gasteiger partial charge in [0, 0.05) is 0 Å². The lowest BCUT2D eigenvalue weighted by Gasteiger charge is -2.27. The monoisotopic (exact) mass is 170 g/mol. The molecule has 0 aromatic heterocycles. The van der Waals surface area contributed by atoms with Gasteiger partial charge in [0.25, 0.3) is 0 Å². The van der Waals surface area contributed by atoms with Crippen molar-refractivity contribution in [3.05, 3.63) is 12.2 Å². The second-order valence-electron chi connectivity index (χ2n) is 3.66. The van der Waals surface area contributed by atoms with Crippen molar-refractivity contribution in [2.45, 2.75) is 44.8 Å². The van der Waals surface area contributed by atoms with Crippen LogP contribution in [0.15, 0.2) is 12.2 Å². The van der Waals surface area contributed by atoms with E-state index in [4.69, 9.17) is 4.74 Å². The number of hydrogen-bond acceptors (Lipinski definition) is 2. The lowest BCUT2D eigenvalue weighted by molar-refractivity contribution is -0.0508. The fraction of sp³-hybridized carbons (Fsp3) is 0.800. The van der Waals surface area contributed by atoms with Gasteiger partial charge in [-0.15, -0.1) is 0 Å². The summed E-state index contributed by atoms with van der Waals surface area (Å²) in [6.45, 7) is 6.28. The van der Waals surface area contributed by atoms with Crippen LogP contribution in [0.5, 0.6) is 0 Å². The Balaban J connectivity index is 2.24. The molecular formula is C10H18O2. The first-order valence-corrected chi connectivity index (χ1v) is 4.64. The van der Waals surface area contributed by atoms with Crippen LogP contribution in [-0.2, 0) is 4.74 Å². The van der Waals surface area contributed by atoms with Gasteiger partial charge in [0.15, 0.2) is 0 Å². The summed E-state index contributed by atoms with van der Waals surface area (Å²) in [5.41, 5.74) is 1.02. The predicted octanol–water partition coefficient (Wildman–Crippen LogP) is 1.88. The maximum Gasteiger partial charge on any atom is 0.0838 e. The average molecular weight is 170 g/mol. The highest BCUT2D eigenvalue weighted by Crippen LogP contribution is 2.21. The van der Waals surface area contributed by atoms with Gasteiger partial charge in [-0.2, -0.15) is 0 Å². The van der Waals surface area contributed by atoms with E-state index in [9.17, 15) is 5.11 Å². The van der Waals surface area contributed by atoms with Crippen molar-refractivity contribution in [3.63, 3.8) is 0 Å². The zero-order chi connectivity index (χ0) is 8.97. The third-order valence-corrected chi connectivity index (χ3v) is 2.21. The fourth-order valence-corrected chi connectivity index (χ4v) is 1.52. The number of rotatable bonds is 3. The van der Waals surface area contributed by atoms with Crippen LogP contribution in [0.2, 0.25) is 0 Å². The number of ether oxygens (including phenoxy) is 1. The van der Waals surface area contributed by atoms with Gasteiger partial charge in [-0.05, 0) is 19.8 Å². The molecule has 1 aliphatic carbocycles. The Morgan fingerprint density at radius 1 is 1.50 bits per heavy atom. The van der Waals surface area contributed by atoms with Gasteiger partial charge in [0.1, 0.15) is 0 Å². The summed E-state index contributed by atoms with van der Waals surface area (Å²) in [4.78, 5) is 0. The summed E-state index contributed by atoms with van der Waals surface area (Å²) in [7, 11) is 0. The first kappa shape index (κ1) is 9.75. The first-order valence-electron chi connectivity index (χ1n) is 4.64. The van der Waals surface area contributed by atoms with Gasteiger partial charge in [-0.3, -0.25) is 0 Å². The van der Waals surface area contributed by atoms with Crippen LogP contribution in [0.3, 0.4) is 0 Å². The topological polar surface area (TPSA) is 29.5 Å². The Kier molecular flexibility index (Phi) is 3.76. The van der Waals surface area contributed by atoms with E-state index in [0.29, 0.717) is 6.61 Å². The molecule has 2 atom stereocenters. The second-order valence-corrected chi connectivity index (χ2v) is 3.66. The summed E-state index contributed by atoms with van der Waals surface area (Å²) in [5, 5.41) is 9.53. The van der Waals surface area contributed by atoms with Crippen LogP contribution >= 0.6 is 0 Å². The van der Waals surface area contributed by atoms with E-state index in [1.165, 1.54) is 6.42 Å². The SMILES string of the molecule is C=C(C)CO[C@H]1CCCC[C@H]1O. The van der Waals surface area contributed by atoms with Crippen molar-refractivity contribution in [2.75, 3.05) is 6.61 Å². The van der Waals surface area contributed by atoms with Crippen molar-refractivity contribution in [1.29, 1.82) is 0 Å². The molecule has 70 valence electrons. The molecule has 1 aliphatic rings. The first-order chi connectivity index (χ1) is 5.70. The summed E-state index contributed by atoms with van der Waals surface area (Å²) >= 11 is 0. The van der Waals surface area contributed by atoms with Gasteiger partial charge in [-0.25, -0.2) is 0 Å². The number of aliphatic hydroxyl groups is 1. The molecule has 1 rings (SSSR count). The summed E-state index contributed by atoms with van der Waals surface area (Å²) in [5.74, 6) is 0. The Bertz CT molecular complexity index is 154. The molecule has 2 nitrogen and oxygen atoms in total. The molecule has 0 heterocycles. The summed E-state index contributed by atoms with van der Waals surface area (Å²) in [6, 6.07) is 0. The maximum absolute atomic E-state index is 9.53. The lowest BCUT2D eigenvalue weighted by atomic mass is 9.95. The van der Waals surface area contributed by atoms with Crippen LogP contribution in [0.4, 0.5) is 0 Å². The molecule has 0 spiro atoms. The molecule has 0 aliphatic heterocycles. The van der Waals surface area contributed by atoms with E-state index in [-0.39, 0.29) is 12.2 Å². The van der Waals surface area contributed by atoms with Crippen LogP contribution in [0.25, 0.3) is 0 Å². The van der Waals surface area contributed by atoms with Crippen molar-refractivity contribution < 1.29 is 9.84 Å². The zero-order valence-corrected chi connectivity index (χ0v) is 7.75. The third kappa shape index (κ3) is 2.95. The molecule has 0 aromatic rings. The van der Waals surface area contributed by atoms with Crippen molar-refractivity contribution >= 4 is 0 Å². The van der Waals surface area contributed by atoms with E-state index in [1.54, 1.807) is 0 Å². The van der Waals surface area contributed by atoms with E-state index >= 15 is 0 Å². The quantitative estimate of drug-likeness (QED) is 0.655.